The van der Waals surface area contributed by atoms with Gasteiger partial charge in [-0.3, -0.25) is 9.59 Å². The standard InChI is InChI=1S/C27H32F3N3O2/c1-3-7-25(34)32(15-4-2)19-26(35)33(18-20-10-12-22(13-11-20)27(28,29)30)16-14-21-17-31-24-9-6-5-8-23(21)24/h5-6,8-13,17,31H,3-4,7,14-16,18-19H2,1-2H3. The van der Waals surface area contributed by atoms with Crippen LogP contribution in [0, 0.1) is 0 Å². The van der Waals surface area contributed by atoms with Crippen LogP contribution in [0.15, 0.2) is 54.7 Å². The Morgan fingerprint density at radius 1 is 0.886 bits per heavy atom. The summed E-state index contributed by atoms with van der Waals surface area (Å²) in [7, 11) is 0. The van der Waals surface area contributed by atoms with Crippen LogP contribution < -0.4 is 0 Å². The molecule has 1 heterocycles. The molecule has 0 saturated carbocycles. The van der Waals surface area contributed by atoms with Gasteiger partial charge in [0.05, 0.1) is 12.1 Å². The Kier molecular flexibility index (Phi) is 8.95. The van der Waals surface area contributed by atoms with Crippen LogP contribution in [0.5, 0.6) is 0 Å². The first-order chi connectivity index (χ1) is 16.7. The van der Waals surface area contributed by atoms with E-state index in [1.54, 1.807) is 9.80 Å². The first-order valence-electron chi connectivity index (χ1n) is 12.0. The zero-order valence-corrected chi connectivity index (χ0v) is 20.2. The van der Waals surface area contributed by atoms with E-state index in [0.29, 0.717) is 37.9 Å². The highest BCUT2D eigenvalue weighted by Crippen LogP contribution is 2.29. The first-order valence-corrected chi connectivity index (χ1v) is 12.0. The monoisotopic (exact) mass is 487 g/mol. The van der Waals surface area contributed by atoms with E-state index < -0.39 is 11.7 Å². The zero-order chi connectivity index (χ0) is 25.4. The highest BCUT2D eigenvalue weighted by molar-refractivity contribution is 5.85. The minimum absolute atomic E-state index is 0.0405. The second-order valence-electron chi connectivity index (χ2n) is 8.68. The second-order valence-corrected chi connectivity index (χ2v) is 8.68. The molecule has 1 aromatic heterocycles. The molecule has 0 fully saturated rings. The molecule has 2 aromatic carbocycles. The number of hydrogen-bond donors (Lipinski definition) is 1. The molecule has 5 nitrogen and oxygen atoms in total. The Balaban J connectivity index is 1.79. The van der Waals surface area contributed by atoms with Crippen molar-refractivity contribution in [1.29, 1.82) is 0 Å². The van der Waals surface area contributed by atoms with E-state index in [1.165, 1.54) is 12.1 Å². The number of aromatic amines is 1. The molecular weight excluding hydrogens is 455 g/mol. The lowest BCUT2D eigenvalue weighted by molar-refractivity contribution is -0.141. The van der Waals surface area contributed by atoms with Crippen LogP contribution in [0.1, 0.15) is 49.8 Å². The van der Waals surface area contributed by atoms with E-state index in [1.807, 2.05) is 44.3 Å². The summed E-state index contributed by atoms with van der Waals surface area (Å²) >= 11 is 0. The van der Waals surface area contributed by atoms with Gasteiger partial charge in [0, 0.05) is 43.2 Å². The normalized spacial score (nSPS) is 11.6. The Morgan fingerprint density at radius 3 is 2.26 bits per heavy atom. The molecule has 3 rings (SSSR count). The van der Waals surface area contributed by atoms with E-state index in [-0.39, 0.29) is 24.9 Å². The molecule has 0 bridgehead atoms. The molecule has 188 valence electrons. The summed E-state index contributed by atoms with van der Waals surface area (Å²) < 4.78 is 38.9. The van der Waals surface area contributed by atoms with Crippen LogP contribution in [0.4, 0.5) is 13.2 Å². The van der Waals surface area contributed by atoms with Crippen molar-refractivity contribution in [3.63, 3.8) is 0 Å². The molecular formula is C27H32F3N3O2. The minimum atomic E-state index is -4.41. The summed E-state index contributed by atoms with van der Waals surface area (Å²) in [4.78, 5) is 32.3. The number of hydrogen-bond acceptors (Lipinski definition) is 2. The molecule has 0 saturated heterocycles. The van der Waals surface area contributed by atoms with Gasteiger partial charge < -0.3 is 14.8 Å². The van der Waals surface area contributed by atoms with Crippen LogP contribution in [0.3, 0.4) is 0 Å². The van der Waals surface area contributed by atoms with Crippen molar-refractivity contribution in [2.24, 2.45) is 0 Å². The Labute approximate surface area is 203 Å². The van der Waals surface area contributed by atoms with Crippen LogP contribution in [0.2, 0.25) is 0 Å². The first kappa shape index (κ1) is 26.3. The third-order valence-electron chi connectivity index (χ3n) is 5.97. The van der Waals surface area contributed by atoms with E-state index in [2.05, 4.69) is 4.98 Å². The van der Waals surface area contributed by atoms with Gasteiger partial charge in [-0.2, -0.15) is 13.2 Å². The lowest BCUT2D eigenvalue weighted by Gasteiger charge is -2.28. The molecule has 8 heteroatoms. The highest BCUT2D eigenvalue weighted by Gasteiger charge is 2.30. The number of alkyl halides is 3. The van der Waals surface area contributed by atoms with Gasteiger partial charge >= 0.3 is 6.18 Å². The van der Waals surface area contributed by atoms with Gasteiger partial charge in [-0.25, -0.2) is 0 Å². The SMILES string of the molecule is CCCC(=O)N(CCC)CC(=O)N(CCc1c[nH]c2ccccc12)Cc1ccc(C(F)(F)F)cc1. The number of H-pyrrole nitrogens is 1. The zero-order valence-electron chi connectivity index (χ0n) is 20.2. The van der Waals surface area contributed by atoms with E-state index >= 15 is 0 Å². The smallest absolute Gasteiger partial charge is 0.361 e. The lowest BCUT2D eigenvalue weighted by atomic mass is 10.1. The number of carbonyl (C=O) groups is 2. The van der Waals surface area contributed by atoms with Crippen LogP contribution in [0.25, 0.3) is 10.9 Å². The van der Waals surface area contributed by atoms with Crippen LogP contribution in [-0.2, 0) is 28.7 Å². The van der Waals surface area contributed by atoms with E-state index in [9.17, 15) is 22.8 Å². The van der Waals surface area contributed by atoms with Crippen molar-refractivity contribution >= 4 is 22.7 Å². The van der Waals surface area contributed by atoms with Crippen molar-refractivity contribution in [3.05, 3.63) is 71.4 Å². The summed E-state index contributed by atoms with van der Waals surface area (Å²) in [6, 6.07) is 12.8. The molecule has 0 aliphatic carbocycles. The van der Waals surface area contributed by atoms with Crippen LogP contribution >= 0.6 is 0 Å². The van der Waals surface area contributed by atoms with Gasteiger partial charge in [-0.05, 0) is 48.6 Å². The molecule has 0 radical (unpaired) electrons. The summed E-state index contributed by atoms with van der Waals surface area (Å²) in [5, 5.41) is 1.07. The summed E-state index contributed by atoms with van der Waals surface area (Å²) in [5.41, 5.74) is 1.94. The Bertz CT molecular complexity index is 1120. The van der Waals surface area contributed by atoms with E-state index in [0.717, 1.165) is 35.0 Å². The maximum atomic E-state index is 13.3. The number of halogens is 3. The molecule has 0 aliphatic heterocycles. The number of nitrogens with one attached hydrogen (secondary N) is 1. The van der Waals surface area contributed by atoms with Gasteiger partial charge in [0.1, 0.15) is 0 Å². The molecule has 0 aliphatic rings. The van der Waals surface area contributed by atoms with Gasteiger partial charge in [-0.15, -0.1) is 0 Å². The predicted molar refractivity (Wildman–Crippen MR) is 131 cm³/mol. The molecule has 3 aromatic rings. The highest BCUT2D eigenvalue weighted by atomic mass is 19.4. The summed E-state index contributed by atoms with van der Waals surface area (Å²) in [6.07, 6.45) is -0.113. The number of aromatic nitrogens is 1. The predicted octanol–water partition coefficient (Wildman–Crippen LogP) is 5.80. The van der Waals surface area contributed by atoms with Gasteiger partial charge in [0.25, 0.3) is 0 Å². The van der Waals surface area contributed by atoms with Crippen molar-refractivity contribution < 1.29 is 22.8 Å². The quantitative estimate of drug-likeness (QED) is 0.372. The van der Waals surface area contributed by atoms with Gasteiger partial charge in [0.2, 0.25) is 11.8 Å². The average Bonchev–Trinajstić information content (AvgIpc) is 3.24. The van der Waals surface area contributed by atoms with Crippen molar-refractivity contribution in [3.8, 4) is 0 Å². The number of carbonyl (C=O) groups excluding carboxylic acids is 2. The van der Waals surface area contributed by atoms with Crippen LogP contribution in [-0.4, -0.2) is 46.2 Å². The number of para-hydroxylation sites is 1. The number of rotatable bonds is 11. The maximum Gasteiger partial charge on any atom is 0.416 e. The van der Waals surface area contributed by atoms with Crippen molar-refractivity contribution in [2.45, 2.75) is 52.3 Å². The number of nitrogens with zero attached hydrogens (tertiary/aromatic N) is 2. The second kappa shape index (κ2) is 11.9. The average molecular weight is 488 g/mol. The maximum absolute atomic E-state index is 13.3. The van der Waals surface area contributed by atoms with Crippen molar-refractivity contribution in [2.75, 3.05) is 19.6 Å². The molecule has 0 atom stereocenters. The molecule has 1 N–H and O–H groups in total. The fourth-order valence-corrected chi connectivity index (χ4v) is 4.10. The topological polar surface area (TPSA) is 56.4 Å². The van der Waals surface area contributed by atoms with E-state index in [4.69, 9.17) is 0 Å². The Hall–Kier alpha value is -3.29. The third-order valence-corrected chi connectivity index (χ3v) is 5.97. The third kappa shape index (κ3) is 7.10. The Morgan fingerprint density at radius 2 is 1.60 bits per heavy atom. The fourth-order valence-electron chi connectivity index (χ4n) is 4.10. The number of amides is 2. The van der Waals surface area contributed by atoms with Gasteiger partial charge in [-0.1, -0.05) is 44.2 Å². The largest absolute Gasteiger partial charge is 0.416 e. The fraction of sp³-hybridized carbons (Fsp3) is 0.407. The van der Waals surface area contributed by atoms with Crippen molar-refractivity contribution in [1.82, 2.24) is 14.8 Å². The number of fused-ring (bicyclic) bond motifs is 1. The summed E-state index contributed by atoms with van der Waals surface area (Å²) in [5.74, 6) is -0.281. The van der Waals surface area contributed by atoms with Gasteiger partial charge in [0.15, 0.2) is 0 Å². The lowest BCUT2D eigenvalue weighted by Crippen LogP contribution is -2.43. The minimum Gasteiger partial charge on any atom is -0.361 e. The molecule has 0 unspecified atom stereocenters. The molecule has 0 spiro atoms. The number of benzene rings is 2. The summed E-state index contributed by atoms with van der Waals surface area (Å²) in [6.45, 7) is 4.86. The molecule has 35 heavy (non-hydrogen) atoms. The molecule has 2 amide bonds.